The Balaban J connectivity index is 1.72. The quantitative estimate of drug-likeness (QED) is 0.637. The number of hydrogen-bond acceptors (Lipinski definition) is 6. The Morgan fingerprint density at radius 2 is 1.80 bits per heavy atom. The SMILES string of the molecule is CC(C)C[C@H](C(=O)N1C[C@H](C(C)C)[C@H]2OCC(=O)[C@H]21)c1cc(N2CCN(C)CC2)ccc1C(N)=O. The number of nitrogens with zero attached hydrogens (tertiary/aromatic N) is 3. The first-order valence-corrected chi connectivity index (χ1v) is 12.9. The van der Waals surface area contributed by atoms with Gasteiger partial charge in [-0.25, -0.2) is 0 Å². The van der Waals surface area contributed by atoms with Crippen LogP contribution >= 0.6 is 0 Å². The number of primary amides is 1. The van der Waals surface area contributed by atoms with Gasteiger partial charge in [-0.05, 0) is 49.1 Å². The maximum atomic E-state index is 14.2. The van der Waals surface area contributed by atoms with E-state index in [-0.39, 0.29) is 42.2 Å². The van der Waals surface area contributed by atoms with Gasteiger partial charge in [0.1, 0.15) is 12.6 Å². The lowest BCUT2D eigenvalue weighted by atomic mass is 9.85. The van der Waals surface area contributed by atoms with Gasteiger partial charge in [0.25, 0.3) is 0 Å². The van der Waals surface area contributed by atoms with Crippen molar-refractivity contribution in [3.05, 3.63) is 29.3 Å². The predicted molar refractivity (Wildman–Crippen MR) is 135 cm³/mol. The average Bonchev–Trinajstić information content (AvgIpc) is 3.38. The smallest absolute Gasteiger partial charge is 0.249 e. The Bertz CT molecular complexity index is 970. The lowest BCUT2D eigenvalue weighted by Gasteiger charge is -2.35. The van der Waals surface area contributed by atoms with Gasteiger partial charge in [0.05, 0.1) is 12.0 Å². The Labute approximate surface area is 208 Å². The molecule has 0 saturated carbocycles. The van der Waals surface area contributed by atoms with Crippen LogP contribution in [0.1, 0.15) is 56.0 Å². The second-order valence-corrected chi connectivity index (χ2v) is 11.2. The summed E-state index contributed by atoms with van der Waals surface area (Å²) in [4.78, 5) is 45.8. The number of rotatable bonds is 7. The molecule has 3 aliphatic heterocycles. The highest BCUT2D eigenvalue weighted by Gasteiger charge is 2.53. The molecule has 0 aliphatic carbocycles. The fourth-order valence-electron chi connectivity index (χ4n) is 5.87. The van der Waals surface area contributed by atoms with Crippen LogP contribution in [0, 0.1) is 17.8 Å². The number of benzene rings is 1. The van der Waals surface area contributed by atoms with Crippen molar-refractivity contribution in [3.8, 4) is 0 Å². The molecule has 4 rings (SSSR count). The molecule has 8 heteroatoms. The van der Waals surface area contributed by atoms with E-state index in [4.69, 9.17) is 10.5 Å². The third-order valence-corrected chi connectivity index (χ3v) is 7.91. The van der Waals surface area contributed by atoms with Gasteiger partial charge < -0.3 is 25.2 Å². The van der Waals surface area contributed by atoms with Crippen molar-refractivity contribution < 1.29 is 19.1 Å². The summed E-state index contributed by atoms with van der Waals surface area (Å²) >= 11 is 0. The van der Waals surface area contributed by atoms with Crippen LogP contribution in [0.5, 0.6) is 0 Å². The van der Waals surface area contributed by atoms with Crippen LogP contribution in [0.3, 0.4) is 0 Å². The normalized spacial score (nSPS) is 26.0. The molecule has 0 spiro atoms. The van der Waals surface area contributed by atoms with E-state index < -0.39 is 17.9 Å². The second-order valence-electron chi connectivity index (χ2n) is 11.2. The first-order chi connectivity index (χ1) is 16.6. The summed E-state index contributed by atoms with van der Waals surface area (Å²) in [7, 11) is 2.11. The van der Waals surface area contributed by atoms with Crippen LogP contribution in [-0.2, 0) is 14.3 Å². The van der Waals surface area contributed by atoms with Gasteiger partial charge in [-0.2, -0.15) is 0 Å². The predicted octanol–water partition coefficient (Wildman–Crippen LogP) is 2.12. The van der Waals surface area contributed by atoms with E-state index in [1.165, 1.54) is 0 Å². The van der Waals surface area contributed by atoms with E-state index in [1.54, 1.807) is 11.0 Å². The molecule has 2 amide bonds. The summed E-state index contributed by atoms with van der Waals surface area (Å²) < 4.78 is 5.85. The van der Waals surface area contributed by atoms with E-state index in [1.807, 2.05) is 12.1 Å². The highest BCUT2D eigenvalue weighted by Crippen LogP contribution is 2.40. The molecule has 3 fully saturated rings. The van der Waals surface area contributed by atoms with Gasteiger partial charge in [-0.15, -0.1) is 0 Å². The summed E-state index contributed by atoms with van der Waals surface area (Å²) in [5.74, 6) is -0.605. The zero-order chi connectivity index (χ0) is 25.4. The molecule has 1 aromatic carbocycles. The minimum atomic E-state index is -0.551. The van der Waals surface area contributed by atoms with Gasteiger partial charge in [0.15, 0.2) is 5.78 Å². The van der Waals surface area contributed by atoms with Crippen molar-refractivity contribution in [1.29, 1.82) is 0 Å². The molecule has 0 unspecified atom stereocenters. The highest BCUT2D eigenvalue weighted by atomic mass is 16.5. The van der Waals surface area contributed by atoms with E-state index in [0.29, 0.717) is 24.1 Å². The number of likely N-dealkylation sites (tertiary alicyclic amines) is 1. The molecule has 0 radical (unpaired) electrons. The summed E-state index contributed by atoms with van der Waals surface area (Å²) in [6.45, 7) is 12.6. The summed E-state index contributed by atoms with van der Waals surface area (Å²) in [5, 5.41) is 0. The molecule has 0 bridgehead atoms. The summed E-state index contributed by atoms with van der Waals surface area (Å²) in [6.07, 6.45) is 0.319. The van der Waals surface area contributed by atoms with Crippen LogP contribution in [0.2, 0.25) is 0 Å². The lowest BCUT2D eigenvalue weighted by molar-refractivity contribution is -0.138. The molecule has 4 atom stereocenters. The van der Waals surface area contributed by atoms with E-state index >= 15 is 0 Å². The minimum absolute atomic E-state index is 0.0314. The van der Waals surface area contributed by atoms with Crippen molar-refractivity contribution in [2.24, 2.45) is 23.5 Å². The van der Waals surface area contributed by atoms with Crippen molar-refractivity contribution in [2.45, 2.75) is 52.2 Å². The van der Waals surface area contributed by atoms with E-state index in [9.17, 15) is 14.4 Å². The molecule has 3 saturated heterocycles. The van der Waals surface area contributed by atoms with Crippen molar-refractivity contribution in [2.75, 3.05) is 51.3 Å². The topological polar surface area (TPSA) is 96.2 Å². The van der Waals surface area contributed by atoms with Crippen LogP contribution in [0.15, 0.2) is 18.2 Å². The Morgan fingerprint density at radius 1 is 1.11 bits per heavy atom. The second kappa shape index (κ2) is 10.3. The fraction of sp³-hybridized carbons (Fsp3) is 0.667. The first-order valence-electron chi connectivity index (χ1n) is 12.9. The third kappa shape index (κ3) is 5.09. The fourth-order valence-corrected chi connectivity index (χ4v) is 5.87. The minimum Gasteiger partial charge on any atom is -0.369 e. The molecule has 0 aromatic heterocycles. The monoisotopic (exact) mass is 484 g/mol. The van der Waals surface area contributed by atoms with Gasteiger partial charge in [0, 0.05) is 49.9 Å². The number of anilines is 1. The molecule has 192 valence electrons. The average molecular weight is 485 g/mol. The number of likely N-dealkylation sites (N-methyl/N-ethyl adjacent to an activating group) is 1. The number of nitrogens with two attached hydrogens (primary N) is 1. The largest absolute Gasteiger partial charge is 0.369 e. The van der Waals surface area contributed by atoms with Gasteiger partial charge in [-0.3, -0.25) is 14.4 Å². The molecule has 2 N–H and O–H groups in total. The Hall–Kier alpha value is -2.45. The van der Waals surface area contributed by atoms with Gasteiger partial charge in [0.2, 0.25) is 11.8 Å². The molecular formula is C27H40N4O4. The molecule has 8 nitrogen and oxygen atoms in total. The molecular weight excluding hydrogens is 444 g/mol. The number of amides is 2. The van der Waals surface area contributed by atoms with Crippen molar-refractivity contribution in [3.63, 3.8) is 0 Å². The van der Waals surface area contributed by atoms with Gasteiger partial charge in [-0.1, -0.05) is 27.7 Å². The Morgan fingerprint density at radius 3 is 2.40 bits per heavy atom. The van der Waals surface area contributed by atoms with Crippen LogP contribution in [0.25, 0.3) is 0 Å². The zero-order valence-electron chi connectivity index (χ0n) is 21.7. The summed E-state index contributed by atoms with van der Waals surface area (Å²) in [5.41, 5.74) is 7.85. The third-order valence-electron chi connectivity index (χ3n) is 7.91. The first kappa shape index (κ1) is 25.6. The lowest BCUT2D eigenvalue weighted by Crippen LogP contribution is -2.45. The number of fused-ring (bicyclic) bond motifs is 1. The van der Waals surface area contributed by atoms with Crippen LogP contribution < -0.4 is 10.6 Å². The van der Waals surface area contributed by atoms with Crippen LogP contribution in [0.4, 0.5) is 5.69 Å². The molecule has 3 aliphatic rings. The van der Waals surface area contributed by atoms with Crippen molar-refractivity contribution in [1.82, 2.24) is 9.80 Å². The van der Waals surface area contributed by atoms with Crippen molar-refractivity contribution >= 4 is 23.3 Å². The standard InChI is InChI=1S/C27H40N4O4/c1-16(2)12-21(27(34)31-14-22(17(3)4)25-24(31)23(32)15-35-25)20-13-18(6-7-19(20)26(28)33)30-10-8-29(5)9-11-30/h6-7,13,16-17,21-22,24-25H,8-12,14-15H2,1-5H3,(H2,28,33)/t21-,22+,24+,25+/m0/s1. The molecule has 1 aromatic rings. The van der Waals surface area contributed by atoms with Crippen LogP contribution in [-0.4, -0.2) is 85.9 Å². The highest BCUT2D eigenvalue weighted by molar-refractivity contribution is 5.99. The summed E-state index contributed by atoms with van der Waals surface area (Å²) in [6, 6.07) is 5.14. The Kier molecular flexibility index (Phi) is 7.52. The number of carbonyl (C=O) groups is 3. The molecule has 3 heterocycles. The number of ether oxygens (including phenoxy) is 1. The number of hydrogen-bond donors (Lipinski definition) is 1. The zero-order valence-corrected chi connectivity index (χ0v) is 21.7. The van der Waals surface area contributed by atoms with E-state index in [0.717, 1.165) is 31.9 Å². The maximum absolute atomic E-state index is 14.2. The number of ketones is 1. The van der Waals surface area contributed by atoms with E-state index in [2.05, 4.69) is 44.5 Å². The number of Topliss-reactive ketones (excluding diaryl/α,β-unsaturated/α-hetero) is 1. The maximum Gasteiger partial charge on any atom is 0.249 e. The number of carbonyl (C=O) groups excluding carboxylic acids is 3. The molecule has 35 heavy (non-hydrogen) atoms. The van der Waals surface area contributed by atoms with Gasteiger partial charge >= 0.3 is 0 Å². The number of piperazine rings is 1.